The van der Waals surface area contributed by atoms with E-state index in [0.29, 0.717) is 17.9 Å². The second kappa shape index (κ2) is 5.63. The smallest absolute Gasteiger partial charge is 0.269 e. The molecule has 0 aromatic carbocycles. The maximum atomic E-state index is 11.7. The molecule has 5 heteroatoms. The van der Waals surface area contributed by atoms with Crippen molar-refractivity contribution in [3.8, 4) is 0 Å². The molecule has 0 bridgehead atoms. The molecule has 4 N–H and O–H groups in total. The third kappa shape index (κ3) is 4.82. The van der Waals surface area contributed by atoms with Crippen molar-refractivity contribution in [1.29, 1.82) is 0 Å². The van der Waals surface area contributed by atoms with E-state index in [2.05, 4.69) is 36.5 Å². The van der Waals surface area contributed by atoms with Gasteiger partial charge in [-0.3, -0.25) is 10.6 Å². The van der Waals surface area contributed by atoms with E-state index in [0.717, 1.165) is 6.42 Å². The number of rotatable bonds is 4. The lowest BCUT2D eigenvalue weighted by molar-refractivity contribution is 0.0944. The molecule has 0 saturated heterocycles. The largest absolute Gasteiger partial charge is 0.351 e. The molecule has 17 heavy (non-hydrogen) atoms. The Morgan fingerprint density at radius 2 is 2.12 bits per heavy atom. The van der Waals surface area contributed by atoms with E-state index in [-0.39, 0.29) is 11.3 Å². The third-order valence-corrected chi connectivity index (χ3v) is 2.32. The fourth-order valence-electron chi connectivity index (χ4n) is 1.26. The van der Waals surface area contributed by atoms with E-state index >= 15 is 0 Å². The van der Waals surface area contributed by atoms with Gasteiger partial charge in [0, 0.05) is 6.54 Å². The summed E-state index contributed by atoms with van der Waals surface area (Å²) in [6.45, 7) is 7.07. The molecule has 0 saturated carbocycles. The first-order valence-electron chi connectivity index (χ1n) is 5.63. The van der Waals surface area contributed by atoms with Crippen LogP contribution in [0.1, 0.15) is 37.7 Å². The molecule has 1 amide bonds. The average Bonchev–Trinajstić information content (AvgIpc) is 2.27. The van der Waals surface area contributed by atoms with Crippen molar-refractivity contribution in [3.05, 3.63) is 24.0 Å². The number of anilines is 1. The zero-order valence-corrected chi connectivity index (χ0v) is 10.6. The van der Waals surface area contributed by atoms with Gasteiger partial charge in [-0.25, -0.2) is 4.98 Å². The van der Waals surface area contributed by atoms with Crippen molar-refractivity contribution in [2.45, 2.75) is 27.2 Å². The number of hydrazine groups is 1. The fraction of sp³-hybridized carbons (Fsp3) is 0.500. The minimum absolute atomic E-state index is 0.155. The minimum Gasteiger partial charge on any atom is -0.351 e. The number of nitrogens with zero attached hydrogens (tertiary/aromatic N) is 1. The predicted molar refractivity (Wildman–Crippen MR) is 68.5 cm³/mol. The molecule has 0 radical (unpaired) electrons. The molecule has 0 aliphatic heterocycles. The summed E-state index contributed by atoms with van der Waals surface area (Å²) >= 11 is 0. The Morgan fingerprint density at radius 3 is 2.59 bits per heavy atom. The Balaban J connectivity index is 2.47. The van der Waals surface area contributed by atoms with Crippen molar-refractivity contribution in [1.82, 2.24) is 10.3 Å². The summed E-state index contributed by atoms with van der Waals surface area (Å²) in [6, 6.07) is 3.35. The number of carbonyl (C=O) groups is 1. The van der Waals surface area contributed by atoms with Gasteiger partial charge in [0.05, 0.1) is 11.9 Å². The molecule has 1 rings (SSSR count). The van der Waals surface area contributed by atoms with Crippen LogP contribution in [0, 0.1) is 5.41 Å². The zero-order chi connectivity index (χ0) is 12.9. The minimum atomic E-state index is -0.155. The van der Waals surface area contributed by atoms with Gasteiger partial charge < -0.3 is 10.7 Å². The SMILES string of the molecule is CC(C)(C)CCNC(=O)c1ccc(NN)cn1. The molecule has 0 atom stereocenters. The quantitative estimate of drug-likeness (QED) is 0.547. The van der Waals surface area contributed by atoms with Crippen LogP contribution in [0.15, 0.2) is 18.3 Å². The highest BCUT2D eigenvalue weighted by molar-refractivity contribution is 5.92. The molecular formula is C12H20N4O. The highest BCUT2D eigenvalue weighted by Crippen LogP contribution is 2.17. The van der Waals surface area contributed by atoms with Crippen LogP contribution < -0.4 is 16.6 Å². The normalized spacial score (nSPS) is 11.1. The van der Waals surface area contributed by atoms with Crippen LogP contribution in [0.3, 0.4) is 0 Å². The Bertz CT molecular complexity index is 367. The number of pyridine rings is 1. The van der Waals surface area contributed by atoms with Gasteiger partial charge >= 0.3 is 0 Å². The lowest BCUT2D eigenvalue weighted by Crippen LogP contribution is -2.27. The Kier molecular flexibility index (Phi) is 4.45. The Labute approximate surface area is 102 Å². The van der Waals surface area contributed by atoms with Gasteiger partial charge in [0.15, 0.2) is 0 Å². The lowest BCUT2D eigenvalue weighted by Gasteiger charge is -2.17. The monoisotopic (exact) mass is 236 g/mol. The van der Waals surface area contributed by atoms with Crippen LogP contribution in [0.4, 0.5) is 5.69 Å². The second-order valence-corrected chi connectivity index (χ2v) is 5.14. The number of nitrogen functional groups attached to an aromatic ring is 1. The second-order valence-electron chi connectivity index (χ2n) is 5.14. The molecule has 0 aliphatic carbocycles. The number of hydrogen-bond donors (Lipinski definition) is 3. The summed E-state index contributed by atoms with van der Waals surface area (Å²) in [7, 11) is 0. The summed E-state index contributed by atoms with van der Waals surface area (Å²) in [5, 5.41) is 2.84. The van der Waals surface area contributed by atoms with Gasteiger partial charge in [0.2, 0.25) is 0 Å². The lowest BCUT2D eigenvalue weighted by atomic mass is 9.92. The summed E-state index contributed by atoms with van der Waals surface area (Å²) in [5.74, 6) is 5.06. The number of nitrogens with one attached hydrogen (secondary N) is 2. The van der Waals surface area contributed by atoms with Gasteiger partial charge in [-0.15, -0.1) is 0 Å². The van der Waals surface area contributed by atoms with E-state index in [1.54, 1.807) is 12.1 Å². The molecule has 94 valence electrons. The molecule has 5 nitrogen and oxygen atoms in total. The standard InChI is InChI=1S/C12H20N4O/c1-12(2,3)6-7-14-11(17)10-5-4-9(16-13)8-15-10/h4-5,8,16H,6-7,13H2,1-3H3,(H,14,17). The van der Waals surface area contributed by atoms with Crippen molar-refractivity contribution < 1.29 is 4.79 Å². The number of aromatic nitrogens is 1. The van der Waals surface area contributed by atoms with Crippen LogP contribution in [-0.4, -0.2) is 17.4 Å². The van der Waals surface area contributed by atoms with E-state index in [9.17, 15) is 4.79 Å². The molecule has 0 fully saturated rings. The molecule has 0 spiro atoms. The van der Waals surface area contributed by atoms with E-state index in [1.807, 2.05) is 0 Å². The van der Waals surface area contributed by atoms with Crippen molar-refractivity contribution in [3.63, 3.8) is 0 Å². The highest BCUT2D eigenvalue weighted by atomic mass is 16.1. The molecule has 0 unspecified atom stereocenters. The van der Waals surface area contributed by atoms with E-state index in [1.165, 1.54) is 6.20 Å². The van der Waals surface area contributed by atoms with Crippen LogP contribution in [0.2, 0.25) is 0 Å². The number of nitrogens with two attached hydrogens (primary N) is 1. The Hall–Kier alpha value is -1.62. The fourth-order valence-corrected chi connectivity index (χ4v) is 1.26. The number of hydrogen-bond acceptors (Lipinski definition) is 4. The van der Waals surface area contributed by atoms with Gasteiger partial charge in [-0.1, -0.05) is 20.8 Å². The summed E-state index contributed by atoms with van der Waals surface area (Å²) in [5.41, 5.74) is 3.76. The summed E-state index contributed by atoms with van der Waals surface area (Å²) in [6.07, 6.45) is 2.46. The van der Waals surface area contributed by atoms with Crippen molar-refractivity contribution in [2.75, 3.05) is 12.0 Å². The summed E-state index contributed by atoms with van der Waals surface area (Å²) in [4.78, 5) is 15.7. The third-order valence-electron chi connectivity index (χ3n) is 2.32. The van der Waals surface area contributed by atoms with E-state index < -0.39 is 0 Å². The molecule has 1 aromatic heterocycles. The Morgan fingerprint density at radius 1 is 1.41 bits per heavy atom. The van der Waals surface area contributed by atoms with Crippen LogP contribution >= 0.6 is 0 Å². The van der Waals surface area contributed by atoms with Crippen LogP contribution in [0.5, 0.6) is 0 Å². The highest BCUT2D eigenvalue weighted by Gasteiger charge is 2.11. The molecule has 1 heterocycles. The molecular weight excluding hydrogens is 216 g/mol. The van der Waals surface area contributed by atoms with Gasteiger partial charge in [0.25, 0.3) is 5.91 Å². The predicted octanol–water partition coefficient (Wildman–Crippen LogP) is 1.53. The first-order chi connectivity index (χ1) is 7.92. The first-order valence-corrected chi connectivity index (χ1v) is 5.63. The summed E-state index contributed by atoms with van der Waals surface area (Å²) < 4.78 is 0. The average molecular weight is 236 g/mol. The van der Waals surface area contributed by atoms with Crippen molar-refractivity contribution in [2.24, 2.45) is 11.3 Å². The topological polar surface area (TPSA) is 80.0 Å². The van der Waals surface area contributed by atoms with Crippen LogP contribution in [0.25, 0.3) is 0 Å². The van der Waals surface area contributed by atoms with Gasteiger partial charge in [0.1, 0.15) is 5.69 Å². The zero-order valence-electron chi connectivity index (χ0n) is 10.6. The number of carbonyl (C=O) groups excluding carboxylic acids is 1. The van der Waals surface area contributed by atoms with E-state index in [4.69, 9.17) is 5.84 Å². The number of amides is 1. The van der Waals surface area contributed by atoms with Crippen molar-refractivity contribution >= 4 is 11.6 Å². The van der Waals surface area contributed by atoms with Gasteiger partial charge in [-0.05, 0) is 24.0 Å². The molecule has 0 aliphatic rings. The van der Waals surface area contributed by atoms with Gasteiger partial charge in [-0.2, -0.15) is 0 Å². The molecule has 1 aromatic rings. The maximum Gasteiger partial charge on any atom is 0.269 e. The van der Waals surface area contributed by atoms with Crippen LogP contribution in [-0.2, 0) is 0 Å². The first kappa shape index (κ1) is 13.4. The maximum absolute atomic E-state index is 11.7.